The van der Waals surface area contributed by atoms with Crippen molar-refractivity contribution in [3.05, 3.63) is 42.9 Å². The summed E-state index contributed by atoms with van der Waals surface area (Å²) < 4.78 is 10.5. The lowest BCUT2D eigenvalue weighted by molar-refractivity contribution is 0.579. The molecule has 3 aromatic rings. The number of hydrogen-bond acceptors (Lipinski definition) is 3. The van der Waals surface area contributed by atoms with E-state index in [2.05, 4.69) is 10.2 Å². The average molecular weight is 200 g/mol. The fourth-order valence-corrected chi connectivity index (χ4v) is 1.43. The van der Waals surface area contributed by atoms with Crippen LogP contribution in [-0.4, -0.2) is 10.2 Å². The van der Waals surface area contributed by atoms with Crippen molar-refractivity contribution in [3.63, 3.8) is 0 Å². The van der Waals surface area contributed by atoms with E-state index in [0.29, 0.717) is 0 Å². The van der Waals surface area contributed by atoms with Crippen LogP contribution in [0.1, 0.15) is 0 Å². The molecule has 0 aliphatic rings. The molecule has 0 radical (unpaired) electrons. The van der Waals surface area contributed by atoms with Crippen LogP contribution in [0.25, 0.3) is 22.9 Å². The van der Waals surface area contributed by atoms with Gasteiger partial charge in [-0.15, -0.1) is 0 Å². The fraction of sp³-hybridized carbons (Fsp3) is 0. The number of furan rings is 2. The second kappa shape index (κ2) is 3.16. The SMILES string of the molecule is c1coc(-c2cc(-c3ccco3)[nH]n2)c1. The van der Waals surface area contributed by atoms with Crippen molar-refractivity contribution in [2.75, 3.05) is 0 Å². The van der Waals surface area contributed by atoms with E-state index in [4.69, 9.17) is 8.83 Å². The molecule has 0 spiro atoms. The lowest BCUT2D eigenvalue weighted by Crippen LogP contribution is -1.72. The van der Waals surface area contributed by atoms with Crippen LogP contribution in [0.15, 0.2) is 51.7 Å². The van der Waals surface area contributed by atoms with Crippen LogP contribution in [0, 0.1) is 0 Å². The molecule has 0 amide bonds. The van der Waals surface area contributed by atoms with E-state index in [1.54, 1.807) is 12.5 Å². The van der Waals surface area contributed by atoms with E-state index in [9.17, 15) is 0 Å². The number of nitrogens with zero attached hydrogens (tertiary/aromatic N) is 1. The van der Waals surface area contributed by atoms with Gasteiger partial charge in [0.15, 0.2) is 11.5 Å². The molecule has 0 atom stereocenters. The summed E-state index contributed by atoms with van der Waals surface area (Å²) in [5.74, 6) is 1.50. The third-order valence-electron chi connectivity index (χ3n) is 2.14. The Balaban J connectivity index is 2.02. The van der Waals surface area contributed by atoms with Crippen LogP contribution in [0.2, 0.25) is 0 Å². The predicted octanol–water partition coefficient (Wildman–Crippen LogP) is 2.93. The highest BCUT2D eigenvalue weighted by atomic mass is 16.3. The lowest BCUT2D eigenvalue weighted by atomic mass is 10.2. The molecule has 3 rings (SSSR count). The van der Waals surface area contributed by atoms with Gasteiger partial charge in [-0.2, -0.15) is 5.10 Å². The summed E-state index contributed by atoms with van der Waals surface area (Å²) in [5, 5.41) is 7.03. The fourth-order valence-electron chi connectivity index (χ4n) is 1.43. The smallest absolute Gasteiger partial charge is 0.154 e. The molecular formula is C11H8N2O2. The van der Waals surface area contributed by atoms with E-state index in [0.717, 1.165) is 22.9 Å². The van der Waals surface area contributed by atoms with Crippen LogP contribution in [0.4, 0.5) is 0 Å². The Morgan fingerprint density at radius 2 is 1.73 bits per heavy atom. The van der Waals surface area contributed by atoms with Gasteiger partial charge in [-0.1, -0.05) is 0 Å². The first-order valence-corrected chi connectivity index (χ1v) is 4.56. The van der Waals surface area contributed by atoms with E-state index in [1.807, 2.05) is 30.3 Å². The van der Waals surface area contributed by atoms with Crippen LogP contribution < -0.4 is 0 Å². The molecule has 4 heteroatoms. The van der Waals surface area contributed by atoms with E-state index in [-0.39, 0.29) is 0 Å². The minimum atomic E-state index is 0.740. The van der Waals surface area contributed by atoms with Crippen LogP contribution in [0.5, 0.6) is 0 Å². The summed E-state index contributed by atoms with van der Waals surface area (Å²) in [5.41, 5.74) is 1.61. The highest BCUT2D eigenvalue weighted by molar-refractivity contribution is 5.61. The number of hydrogen-bond donors (Lipinski definition) is 1. The van der Waals surface area contributed by atoms with Gasteiger partial charge in [0.25, 0.3) is 0 Å². The molecule has 3 aromatic heterocycles. The molecule has 1 N–H and O–H groups in total. The normalized spacial score (nSPS) is 10.7. The first kappa shape index (κ1) is 8.11. The standard InChI is InChI=1S/C11H8N2O2/c1-3-10(14-5-1)8-7-9(13-12-8)11-4-2-6-15-11/h1-7H,(H,12,13). The van der Waals surface area contributed by atoms with Gasteiger partial charge in [-0.3, -0.25) is 5.10 Å². The van der Waals surface area contributed by atoms with Gasteiger partial charge in [0.1, 0.15) is 11.4 Å². The van der Waals surface area contributed by atoms with E-state index >= 15 is 0 Å². The van der Waals surface area contributed by atoms with Crippen molar-refractivity contribution in [3.8, 4) is 22.9 Å². The summed E-state index contributed by atoms with van der Waals surface area (Å²) in [6.45, 7) is 0. The maximum absolute atomic E-state index is 5.25. The molecule has 0 aliphatic carbocycles. The van der Waals surface area contributed by atoms with Gasteiger partial charge < -0.3 is 8.83 Å². The zero-order chi connectivity index (χ0) is 10.1. The molecule has 0 saturated heterocycles. The summed E-state index contributed by atoms with van der Waals surface area (Å²) >= 11 is 0. The first-order chi connectivity index (χ1) is 7.43. The summed E-state index contributed by atoms with van der Waals surface area (Å²) in [6.07, 6.45) is 3.25. The zero-order valence-corrected chi connectivity index (χ0v) is 7.81. The van der Waals surface area contributed by atoms with Crippen molar-refractivity contribution >= 4 is 0 Å². The van der Waals surface area contributed by atoms with E-state index in [1.165, 1.54) is 0 Å². The van der Waals surface area contributed by atoms with Gasteiger partial charge in [0, 0.05) is 0 Å². The highest BCUT2D eigenvalue weighted by Gasteiger charge is 2.08. The van der Waals surface area contributed by atoms with Crippen molar-refractivity contribution in [2.45, 2.75) is 0 Å². The monoisotopic (exact) mass is 200 g/mol. The Morgan fingerprint density at radius 3 is 2.40 bits per heavy atom. The molecule has 74 valence electrons. The van der Waals surface area contributed by atoms with Crippen molar-refractivity contribution in [2.24, 2.45) is 0 Å². The first-order valence-electron chi connectivity index (χ1n) is 4.56. The molecular weight excluding hydrogens is 192 g/mol. The van der Waals surface area contributed by atoms with Gasteiger partial charge in [0.2, 0.25) is 0 Å². The number of nitrogens with one attached hydrogen (secondary N) is 1. The minimum absolute atomic E-state index is 0.740. The molecule has 3 heterocycles. The van der Waals surface area contributed by atoms with Gasteiger partial charge in [0.05, 0.1) is 12.5 Å². The van der Waals surface area contributed by atoms with Crippen LogP contribution >= 0.6 is 0 Å². The Bertz CT molecular complexity index is 486. The van der Waals surface area contributed by atoms with Crippen LogP contribution in [-0.2, 0) is 0 Å². The number of aromatic amines is 1. The second-order valence-electron chi connectivity index (χ2n) is 3.12. The predicted molar refractivity (Wildman–Crippen MR) is 54.0 cm³/mol. The van der Waals surface area contributed by atoms with Gasteiger partial charge in [-0.25, -0.2) is 0 Å². The summed E-state index contributed by atoms with van der Waals surface area (Å²) in [6, 6.07) is 9.29. The van der Waals surface area contributed by atoms with Crippen molar-refractivity contribution < 1.29 is 8.83 Å². The second-order valence-corrected chi connectivity index (χ2v) is 3.12. The molecule has 0 saturated carbocycles. The molecule has 0 bridgehead atoms. The van der Waals surface area contributed by atoms with Crippen molar-refractivity contribution in [1.82, 2.24) is 10.2 Å². The Kier molecular flexibility index (Phi) is 1.71. The molecule has 0 aliphatic heterocycles. The topological polar surface area (TPSA) is 55.0 Å². The Labute approximate surface area is 85.5 Å². The number of H-pyrrole nitrogens is 1. The quantitative estimate of drug-likeness (QED) is 0.691. The molecule has 15 heavy (non-hydrogen) atoms. The zero-order valence-electron chi connectivity index (χ0n) is 7.81. The molecule has 4 nitrogen and oxygen atoms in total. The largest absolute Gasteiger partial charge is 0.463 e. The van der Waals surface area contributed by atoms with Crippen molar-refractivity contribution in [1.29, 1.82) is 0 Å². The Hall–Kier alpha value is -2.23. The summed E-state index contributed by atoms with van der Waals surface area (Å²) in [7, 11) is 0. The third-order valence-corrected chi connectivity index (χ3v) is 2.14. The third kappa shape index (κ3) is 1.36. The number of rotatable bonds is 2. The number of aromatic nitrogens is 2. The lowest BCUT2D eigenvalue weighted by Gasteiger charge is -1.86. The highest BCUT2D eigenvalue weighted by Crippen LogP contribution is 2.23. The molecule has 0 aromatic carbocycles. The van der Waals surface area contributed by atoms with E-state index < -0.39 is 0 Å². The maximum Gasteiger partial charge on any atom is 0.154 e. The molecule has 0 fully saturated rings. The summed E-state index contributed by atoms with van der Waals surface area (Å²) in [4.78, 5) is 0. The average Bonchev–Trinajstić information content (AvgIpc) is 3.02. The maximum atomic E-state index is 5.25. The van der Waals surface area contributed by atoms with Crippen LogP contribution in [0.3, 0.4) is 0 Å². The van der Waals surface area contributed by atoms with Gasteiger partial charge >= 0.3 is 0 Å². The minimum Gasteiger partial charge on any atom is -0.463 e. The van der Waals surface area contributed by atoms with Gasteiger partial charge in [-0.05, 0) is 30.3 Å². The Morgan fingerprint density at radius 1 is 1.00 bits per heavy atom. The molecule has 0 unspecified atom stereocenters.